The van der Waals surface area contributed by atoms with Crippen molar-refractivity contribution in [2.75, 3.05) is 33.2 Å². The summed E-state index contributed by atoms with van der Waals surface area (Å²) in [6.45, 7) is 7.03. The van der Waals surface area contributed by atoms with Crippen LogP contribution in [0.3, 0.4) is 0 Å². The molecule has 0 bridgehead atoms. The van der Waals surface area contributed by atoms with Crippen LogP contribution in [-0.2, 0) is 13.1 Å². The summed E-state index contributed by atoms with van der Waals surface area (Å²) < 4.78 is 10.8. The predicted octanol–water partition coefficient (Wildman–Crippen LogP) is 3.15. The Balaban J connectivity index is 0.00000256. The van der Waals surface area contributed by atoms with Crippen LogP contribution >= 0.6 is 24.0 Å². The lowest BCUT2D eigenvalue weighted by molar-refractivity contribution is 0.169. The molecule has 0 aliphatic carbocycles. The molecule has 3 heterocycles. The lowest BCUT2D eigenvalue weighted by Crippen LogP contribution is -2.52. The van der Waals surface area contributed by atoms with Gasteiger partial charge in [0.1, 0.15) is 12.0 Å². The smallest absolute Gasteiger partial charge is 0.226 e. The summed E-state index contributed by atoms with van der Waals surface area (Å²) in [7, 11) is 1.81. The first-order valence-corrected chi connectivity index (χ1v) is 9.81. The number of halogens is 1. The number of oxazole rings is 1. The van der Waals surface area contributed by atoms with Crippen molar-refractivity contribution in [3.05, 3.63) is 59.8 Å². The Hall–Kier alpha value is -2.40. The van der Waals surface area contributed by atoms with Gasteiger partial charge in [0, 0.05) is 51.4 Å². The minimum Gasteiger partial charge on any atom is -0.444 e. The van der Waals surface area contributed by atoms with Gasteiger partial charge < -0.3 is 19.2 Å². The summed E-state index contributed by atoms with van der Waals surface area (Å²) in [6, 6.07) is 11.9. The van der Waals surface area contributed by atoms with Crippen molar-refractivity contribution < 1.29 is 8.94 Å². The zero-order chi connectivity index (χ0) is 20.1. The predicted molar refractivity (Wildman–Crippen MR) is 126 cm³/mol. The fourth-order valence-electron chi connectivity index (χ4n) is 3.44. The van der Waals surface area contributed by atoms with Gasteiger partial charge in [-0.2, -0.15) is 0 Å². The van der Waals surface area contributed by atoms with Crippen molar-refractivity contribution >= 4 is 29.9 Å². The number of rotatable bonds is 5. The minimum atomic E-state index is 0. The maximum atomic E-state index is 5.61. The van der Waals surface area contributed by atoms with Crippen molar-refractivity contribution in [1.82, 2.24) is 25.3 Å². The molecule has 0 atom stereocenters. The average molecular weight is 522 g/mol. The van der Waals surface area contributed by atoms with E-state index in [1.807, 2.05) is 50.4 Å². The molecule has 1 aliphatic heterocycles. The maximum Gasteiger partial charge on any atom is 0.226 e. The van der Waals surface area contributed by atoms with Crippen molar-refractivity contribution in [2.24, 2.45) is 4.99 Å². The van der Waals surface area contributed by atoms with E-state index < -0.39 is 0 Å². The molecule has 1 aromatic carbocycles. The van der Waals surface area contributed by atoms with Gasteiger partial charge in [-0.1, -0.05) is 23.4 Å². The van der Waals surface area contributed by atoms with Gasteiger partial charge in [-0.25, -0.2) is 4.98 Å². The maximum absolute atomic E-state index is 5.61. The van der Waals surface area contributed by atoms with E-state index >= 15 is 0 Å². The summed E-state index contributed by atoms with van der Waals surface area (Å²) in [5, 5.41) is 7.48. The van der Waals surface area contributed by atoms with E-state index in [4.69, 9.17) is 8.94 Å². The molecule has 0 amide bonds. The van der Waals surface area contributed by atoms with Crippen molar-refractivity contribution in [1.29, 1.82) is 0 Å². The highest BCUT2D eigenvalue weighted by atomic mass is 127. The van der Waals surface area contributed by atoms with E-state index in [1.165, 1.54) is 0 Å². The van der Waals surface area contributed by atoms with Gasteiger partial charge in [-0.15, -0.1) is 24.0 Å². The molecule has 3 aromatic rings. The molecule has 0 spiro atoms. The van der Waals surface area contributed by atoms with E-state index in [0.29, 0.717) is 12.4 Å². The molecule has 9 heteroatoms. The molecular formula is C21H27IN6O2. The fourth-order valence-corrected chi connectivity index (χ4v) is 3.44. The molecule has 4 rings (SSSR count). The van der Waals surface area contributed by atoms with Gasteiger partial charge in [-0.3, -0.25) is 9.89 Å². The second-order valence-corrected chi connectivity index (χ2v) is 7.10. The molecule has 1 N–H and O–H groups in total. The average Bonchev–Trinajstić information content (AvgIpc) is 3.39. The lowest BCUT2D eigenvalue weighted by atomic mass is 10.2. The highest BCUT2D eigenvalue weighted by Crippen LogP contribution is 2.18. The second-order valence-electron chi connectivity index (χ2n) is 7.10. The standard InChI is InChI=1S/C21H26N6O2.HI/c1-16-12-18(25-29-16)14-26-8-10-27(11-9-26)21(22-2)23-13-19-15-28-20(24-19)17-6-4-3-5-7-17;/h3-7,12,15H,8-11,13-14H2,1-2H3,(H,22,23);1H. The third-order valence-electron chi connectivity index (χ3n) is 4.95. The van der Waals surface area contributed by atoms with Gasteiger partial charge >= 0.3 is 0 Å². The van der Waals surface area contributed by atoms with Crippen LogP contribution < -0.4 is 5.32 Å². The van der Waals surface area contributed by atoms with Crippen LogP contribution in [0.2, 0.25) is 0 Å². The molecule has 8 nitrogen and oxygen atoms in total. The number of nitrogens with zero attached hydrogens (tertiary/aromatic N) is 5. The van der Waals surface area contributed by atoms with Crippen LogP contribution in [0.5, 0.6) is 0 Å². The third kappa shape index (κ3) is 5.60. The highest BCUT2D eigenvalue weighted by molar-refractivity contribution is 14.0. The molecule has 1 fully saturated rings. The molecule has 0 unspecified atom stereocenters. The molecule has 30 heavy (non-hydrogen) atoms. The van der Waals surface area contributed by atoms with Crippen LogP contribution in [0.1, 0.15) is 17.1 Å². The molecule has 2 aromatic heterocycles. The topological polar surface area (TPSA) is 82.9 Å². The van der Waals surface area contributed by atoms with Gasteiger partial charge in [0.25, 0.3) is 0 Å². The molecule has 0 saturated carbocycles. The van der Waals surface area contributed by atoms with E-state index in [-0.39, 0.29) is 24.0 Å². The van der Waals surface area contributed by atoms with Gasteiger partial charge in [0.05, 0.1) is 17.9 Å². The first kappa shape index (κ1) is 22.3. The first-order valence-electron chi connectivity index (χ1n) is 9.81. The molecule has 1 aliphatic rings. The quantitative estimate of drug-likeness (QED) is 0.313. The third-order valence-corrected chi connectivity index (χ3v) is 4.95. The summed E-state index contributed by atoms with van der Waals surface area (Å²) in [4.78, 5) is 13.6. The summed E-state index contributed by atoms with van der Waals surface area (Å²) in [6.07, 6.45) is 1.69. The van der Waals surface area contributed by atoms with E-state index in [1.54, 1.807) is 6.26 Å². The van der Waals surface area contributed by atoms with Crippen LogP contribution in [0, 0.1) is 6.92 Å². The largest absolute Gasteiger partial charge is 0.444 e. The number of benzene rings is 1. The number of guanidine groups is 1. The number of aryl methyl sites for hydroxylation is 1. The van der Waals surface area contributed by atoms with Crippen molar-refractivity contribution in [3.63, 3.8) is 0 Å². The number of aromatic nitrogens is 2. The Morgan fingerprint density at radius 3 is 2.57 bits per heavy atom. The van der Waals surface area contributed by atoms with E-state index in [0.717, 1.165) is 61.4 Å². The van der Waals surface area contributed by atoms with Crippen LogP contribution in [-0.4, -0.2) is 59.1 Å². The minimum absolute atomic E-state index is 0. The number of nitrogens with one attached hydrogen (secondary N) is 1. The van der Waals surface area contributed by atoms with Crippen molar-refractivity contribution in [2.45, 2.75) is 20.0 Å². The Kier molecular flexibility index (Phi) is 7.86. The Labute approximate surface area is 193 Å². The van der Waals surface area contributed by atoms with Gasteiger partial charge in [0.2, 0.25) is 5.89 Å². The Morgan fingerprint density at radius 1 is 1.13 bits per heavy atom. The number of hydrogen-bond donors (Lipinski definition) is 1. The number of aliphatic imine (C=N–C) groups is 1. The zero-order valence-electron chi connectivity index (χ0n) is 17.2. The van der Waals surface area contributed by atoms with E-state index in [2.05, 4.69) is 30.2 Å². The van der Waals surface area contributed by atoms with Crippen LogP contribution in [0.15, 0.2) is 56.6 Å². The molecule has 1 saturated heterocycles. The lowest BCUT2D eigenvalue weighted by Gasteiger charge is -2.36. The Bertz CT molecular complexity index is 947. The summed E-state index contributed by atoms with van der Waals surface area (Å²) in [5.41, 5.74) is 2.81. The monoisotopic (exact) mass is 522 g/mol. The van der Waals surface area contributed by atoms with Crippen molar-refractivity contribution in [3.8, 4) is 11.5 Å². The molecule has 0 radical (unpaired) electrons. The number of piperazine rings is 1. The first-order chi connectivity index (χ1) is 14.2. The van der Waals surface area contributed by atoms with E-state index in [9.17, 15) is 0 Å². The molecular weight excluding hydrogens is 495 g/mol. The normalized spacial score (nSPS) is 15.1. The zero-order valence-corrected chi connectivity index (χ0v) is 19.6. The summed E-state index contributed by atoms with van der Waals surface area (Å²) in [5.74, 6) is 2.37. The van der Waals surface area contributed by atoms with Crippen LogP contribution in [0.25, 0.3) is 11.5 Å². The number of hydrogen-bond acceptors (Lipinski definition) is 6. The highest BCUT2D eigenvalue weighted by Gasteiger charge is 2.20. The fraction of sp³-hybridized carbons (Fsp3) is 0.381. The second kappa shape index (κ2) is 10.6. The summed E-state index contributed by atoms with van der Waals surface area (Å²) >= 11 is 0. The SMILES string of the molecule is CN=C(NCc1coc(-c2ccccc2)n1)N1CCN(Cc2cc(C)on2)CC1.I. The Morgan fingerprint density at radius 2 is 1.90 bits per heavy atom. The van der Waals surface area contributed by atoms with Crippen LogP contribution in [0.4, 0.5) is 0 Å². The molecule has 160 valence electrons. The van der Waals surface area contributed by atoms with Gasteiger partial charge in [0.15, 0.2) is 5.96 Å². The van der Waals surface area contributed by atoms with Gasteiger partial charge in [-0.05, 0) is 19.1 Å².